The number of benzene rings is 1. The summed E-state index contributed by atoms with van der Waals surface area (Å²) in [6, 6.07) is 6.93. The van der Waals surface area contributed by atoms with Crippen LogP contribution in [0, 0.1) is 23.7 Å². The largest absolute Gasteiger partial charge is 0.465 e. The number of carbonyl (C=O) groups is 2. The first-order valence-electron chi connectivity index (χ1n) is 12.1. The molecule has 0 saturated heterocycles. The summed E-state index contributed by atoms with van der Waals surface area (Å²) in [5, 5.41) is 3.03. The average Bonchev–Trinajstić information content (AvgIpc) is 2.80. The van der Waals surface area contributed by atoms with E-state index >= 15 is 0 Å². The molecular formula is C26H39NO3. The van der Waals surface area contributed by atoms with Gasteiger partial charge in [-0.3, -0.25) is 4.79 Å². The highest BCUT2D eigenvalue weighted by molar-refractivity contribution is 5.94. The zero-order chi connectivity index (χ0) is 21.3. The monoisotopic (exact) mass is 413 g/mol. The van der Waals surface area contributed by atoms with Gasteiger partial charge in [-0.05, 0) is 80.5 Å². The van der Waals surface area contributed by atoms with Crippen LogP contribution in [0.1, 0.15) is 94.3 Å². The highest BCUT2D eigenvalue weighted by atomic mass is 16.5. The lowest BCUT2D eigenvalue weighted by molar-refractivity contribution is -0.121. The van der Waals surface area contributed by atoms with E-state index in [1.165, 1.54) is 71.3 Å². The molecule has 3 rings (SSSR count). The van der Waals surface area contributed by atoms with Crippen LogP contribution < -0.4 is 5.32 Å². The van der Waals surface area contributed by atoms with E-state index in [2.05, 4.69) is 12.2 Å². The van der Waals surface area contributed by atoms with Crippen LogP contribution in [0.15, 0.2) is 24.3 Å². The van der Waals surface area contributed by atoms with Crippen molar-refractivity contribution in [3.63, 3.8) is 0 Å². The molecule has 2 aliphatic rings. The molecule has 1 N–H and O–H groups in total. The zero-order valence-electron chi connectivity index (χ0n) is 18.8. The van der Waals surface area contributed by atoms with E-state index in [0.717, 1.165) is 36.3 Å². The Morgan fingerprint density at radius 1 is 0.900 bits per heavy atom. The first-order valence-corrected chi connectivity index (χ1v) is 12.1. The summed E-state index contributed by atoms with van der Waals surface area (Å²) in [5.41, 5.74) is 1.24. The van der Waals surface area contributed by atoms with Crippen molar-refractivity contribution in [3.05, 3.63) is 29.8 Å². The van der Waals surface area contributed by atoms with Crippen LogP contribution in [0.25, 0.3) is 0 Å². The van der Waals surface area contributed by atoms with Gasteiger partial charge in [-0.1, -0.05) is 45.4 Å². The van der Waals surface area contributed by atoms with E-state index in [4.69, 9.17) is 4.74 Å². The van der Waals surface area contributed by atoms with Crippen molar-refractivity contribution in [1.82, 2.24) is 0 Å². The van der Waals surface area contributed by atoms with Crippen molar-refractivity contribution in [3.8, 4) is 0 Å². The molecule has 2 aliphatic carbocycles. The zero-order valence-corrected chi connectivity index (χ0v) is 18.8. The second-order valence-corrected chi connectivity index (χ2v) is 9.45. The Bertz CT molecular complexity index is 668. The molecule has 0 radical (unpaired) electrons. The van der Waals surface area contributed by atoms with E-state index in [1.54, 1.807) is 24.3 Å². The molecule has 1 aromatic carbocycles. The van der Waals surface area contributed by atoms with Crippen molar-refractivity contribution in [2.24, 2.45) is 23.7 Å². The quantitative estimate of drug-likeness (QED) is 0.385. The summed E-state index contributed by atoms with van der Waals surface area (Å²) in [6.45, 7) is 2.29. The molecule has 166 valence electrons. The van der Waals surface area contributed by atoms with Crippen LogP contribution in [0.3, 0.4) is 0 Å². The summed E-state index contributed by atoms with van der Waals surface area (Å²) in [4.78, 5) is 24.2. The summed E-state index contributed by atoms with van der Waals surface area (Å²) in [7, 11) is 1.37. The van der Waals surface area contributed by atoms with Crippen LogP contribution in [-0.2, 0) is 9.53 Å². The highest BCUT2D eigenvalue weighted by Gasteiger charge is 2.32. The standard InChI is InChI=1S/C26H39NO3/c1-3-4-5-6-19-7-9-20(10-8-19)21-11-13-22(14-12-21)25(28)27-24-17-15-23(16-18-24)26(29)30-2/h15-22H,3-14H2,1-2H3,(H,27,28)/t19-,20-,21-,22-. The van der Waals surface area contributed by atoms with Crippen LogP contribution in [0.4, 0.5) is 5.69 Å². The number of unbranched alkanes of at least 4 members (excludes halogenated alkanes) is 2. The van der Waals surface area contributed by atoms with E-state index in [0.29, 0.717) is 5.56 Å². The molecule has 0 aliphatic heterocycles. The first-order chi connectivity index (χ1) is 14.6. The Hall–Kier alpha value is -1.84. The maximum Gasteiger partial charge on any atom is 0.337 e. The van der Waals surface area contributed by atoms with Gasteiger partial charge in [0.25, 0.3) is 0 Å². The number of ether oxygens (including phenoxy) is 1. The SMILES string of the molecule is CCCCC[C@H]1CC[C@H]([C@H]2CC[C@H](C(=O)Nc3ccc(C(=O)OC)cc3)CC2)CC1. The molecule has 1 aromatic rings. The number of hydrogen-bond donors (Lipinski definition) is 1. The lowest BCUT2D eigenvalue weighted by Gasteiger charge is -2.37. The van der Waals surface area contributed by atoms with Crippen LogP contribution in [-0.4, -0.2) is 19.0 Å². The van der Waals surface area contributed by atoms with Gasteiger partial charge in [0.2, 0.25) is 5.91 Å². The number of rotatable bonds is 8. The third-order valence-electron chi connectivity index (χ3n) is 7.49. The summed E-state index contributed by atoms with van der Waals surface area (Å²) in [6.07, 6.45) is 15.6. The van der Waals surface area contributed by atoms with E-state index < -0.39 is 0 Å². The van der Waals surface area contributed by atoms with E-state index in [1.807, 2.05) is 0 Å². The Balaban J connectivity index is 1.39. The van der Waals surface area contributed by atoms with E-state index in [9.17, 15) is 9.59 Å². The molecule has 0 spiro atoms. The Kier molecular flexibility index (Phi) is 8.77. The van der Waals surface area contributed by atoms with Gasteiger partial charge >= 0.3 is 5.97 Å². The minimum absolute atomic E-state index is 0.118. The minimum Gasteiger partial charge on any atom is -0.465 e. The van der Waals surface area contributed by atoms with Gasteiger partial charge in [-0.25, -0.2) is 4.79 Å². The fourth-order valence-electron chi connectivity index (χ4n) is 5.54. The van der Waals surface area contributed by atoms with Crippen molar-refractivity contribution < 1.29 is 14.3 Å². The van der Waals surface area contributed by atoms with Crippen molar-refractivity contribution in [1.29, 1.82) is 0 Å². The maximum atomic E-state index is 12.7. The molecular weight excluding hydrogens is 374 g/mol. The normalized spacial score (nSPS) is 26.7. The Morgan fingerprint density at radius 2 is 1.50 bits per heavy atom. The van der Waals surface area contributed by atoms with Crippen molar-refractivity contribution >= 4 is 17.6 Å². The van der Waals surface area contributed by atoms with Crippen molar-refractivity contribution in [2.75, 3.05) is 12.4 Å². The van der Waals surface area contributed by atoms with Crippen LogP contribution in [0.2, 0.25) is 0 Å². The average molecular weight is 414 g/mol. The van der Waals surface area contributed by atoms with Gasteiger partial charge in [0.1, 0.15) is 0 Å². The minimum atomic E-state index is -0.360. The number of hydrogen-bond acceptors (Lipinski definition) is 3. The second kappa shape index (κ2) is 11.5. The predicted octanol–water partition coefficient (Wildman–Crippen LogP) is 6.60. The van der Waals surface area contributed by atoms with Crippen LogP contribution >= 0.6 is 0 Å². The molecule has 4 nitrogen and oxygen atoms in total. The lowest BCUT2D eigenvalue weighted by Crippen LogP contribution is -2.30. The number of carbonyl (C=O) groups excluding carboxylic acids is 2. The van der Waals surface area contributed by atoms with Gasteiger partial charge in [-0.2, -0.15) is 0 Å². The number of nitrogens with one attached hydrogen (secondary N) is 1. The number of methoxy groups -OCH3 is 1. The molecule has 4 heteroatoms. The molecule has 2 saturated carbocycles. The molecule has 0 heterocycles. The Labute approximate surface area is 182 Å². The lowest BCUT2D eigenvalue weighted by atomic mass is 9.68. The fourth-order valence-corrected chi connectivity index (χ4v) is 5.54. The van der Waals surface area contributed by atoms with Gasteiger partial charge in [-0.15, -0.1) is 0 Å². The second-order valence-electron chi connectivity index (χ2n) is 9.45. The van der Waals surface area contributed by atoms with Crippen LogP contribution in [0.5, 0.6) is 0 Å². The molecule has 0 aromatic heterocycles. The van der Waals surface area contributed by atoms with Gasteiger partial charge in [0.05, 0.1) is 12.7 Å². The van der Waals surface area contributed by atoms with Gasteiger partial charge < -0.3 is 10.1 Å². The summed E-state index contributed by atoms with van der Waals surface area (Å²) >= 11 is 0. The molecule has 0 unspecified atom stereocenters. The molecule has 1 amide bonds. The number of esters is 1. The molecule has 30 heavy (non-hydrogen) atoms. The smallest absolute Gasteiger partial charge is 0.337 e. The van der Waals surface area contributed by atoms with Crippen molar-refractivity contribution in [2.45, 2.75) is 84.0 Å². The predicted molar refractivity (Wildman–Crippen MR) is 121 cm³/mol. The molecule has 0 bridgehead atoms. The summed E-state index contributed by atoms with van der Waals surface area (Å²) < 4.78 is 4.71. The number of anilines is 1. The topological polar surface area (TPSA) is 55.4 Å². The maximum absolute atomic E-state index is 12.7. The Morgan fingerprint density at radius 3 is 2.07 bits per heavy atom. The van der Waals surface area contributed by atoms with E-state index in [-0.39, 0.29) is 17.8 Å². The third kappa shape index (κ3) is 6.33. The van der Waals surface area contributed by atoms with Gasteiger partial charge in [0.15, 0.2) is 0 Å². The third-order valence-corrected chi connectivity index (χ3v) is 7.49. The summed E-state index contributed by atoms with van der Waals surface area (Å²) in [5.74, 6) is 2.57. The molecule has 0 atom stereocenters. The highest BCUT2D eigenvalue weighted by Crippen LogP contribution is 2.42. The fraction of sp³-hybridized carbons (Fsp3) is 0.692. The first kappa shape index (κ1) is 22.8. The number of amides is 1. The molecule has 2 fully saturated rings. The van der Waals surface area contributed by atoms with Gasteiger partial charge in [0, 0.05) is 11.6 Å².